The number of halogens is 2. The molecule has 0 fully saturated rings. The van der Waals surface area contributed by atoms with Crippen molar-refractivity contribution in [1.82, 2.24) is 4.98 Å². The highest BCUT2D eigenvalue weighted by molar-refractivity contribution is 7.87. The van der Waals surface area contributed by atoms with Gasteiger partial charge in [0.05, 0.1) is 0 Å². The number of aromatic nitrogens is 1. The van der Waals surface area contributed by atoms with Crippen LogP contribution in [0, 0.1) is 5.82 Å². The van der Waals surface area contributed by atoms with Crippen LogP contribution in [-0.4, -0.2) is 13.4 Å². The van der Waals surface area contributed by atoms with Crippen LogP contribution in [-0.2, 0) is 10.1 Å². The van der Waals surface area contributed by atoms with Crippen LogP contribution in [0.3, 0.4) is 0 Å². The van der Waals surface area contributed by atoms with Gasteiger partial charge in [-0.15, -0.1) is 0 Å². The standard InChI is InChI=1S/C17H11ClFNO4S/c18-12-4-9-16(15(19)11-12)25(21,22)24-14-7-5-13(6-8-14)23-17-3-1-2-10-20-17/h1-11H. The van der Waals surface area contributed by atoms with Gasteiger partial charge in [-0.25, -0.2) is 9.37 Å². The summed E-state index contributed by atoms with van der Waals surface area (Å²) in [6.45, 7) is 0. The minimum atomic E-state index is -4.32. The second-order valence-corrected chi connectivity index (χ2v) is 6.80. The van der Waals surface area contributed by atoms with Crippen molar-refractivity contribution in [3.8, 4) is 17.4 Å². The highest BCUT2D eigenvalue weighted by Gasteiger charge is 2.21. The summed E-state index contributed by atoms with van der Waals surface area (Å²) in [6.07, 6.45) is 1.58. The van der Waals surface area contributed by atoms with Crippen LogP contribution in [0.2, 0.25) is 5.02 Å². The zero-order valence-corrected chi connectivity index (χ0v) is 14.2. The summed E-state index contributed by atoms with van der Waals surface area (Å²) in [5.41, 5.74) is 0. The van der Waals surface area contributed by atoms with Gasteiger partial charge in [-0.2, -0.15) is 8.42 Å². The van der Waals surface area contributed by atoms with Crippen LogP contribution < -0.4 is 8.92 Å². The van der Waals surface area contributed by atoms with Crippen LogP contribution in [0.1, 0.15) is 0 Å². The van der Waals surface area contributed by atoms with Gasteiger partial charge in [0.2, 0.25) is 5.88 Å². The molecule has 0 radical (unpaired) electrons. The van der Waals surface area contributed by atoms with Gasteiger partial charge in [0.15, 0.2) is 0 Å². The summed E-state index contributed by atoms with van der Waals surface area (Å²) >= 11 is 5.62. The Balaban J connectivity index is 1.76. The average Bonchev–Trinajstić information content (AvgIpc) is 2.57. The number of benzene rings is 2. The van der Waals surface area contributed by atoms with Gasteiger partial charge in [-0.3, -0.25) is 0 Å². The first kappa shape index (κ1) is 17.2. The lowest BCUT2D eigenvalue weighted by Crippen LogP contribution is -2.11. The molecule has 1 heterocycles. The predicted octanol–water partition coefficient (Wildman–Crippen LogP) is 4.43. The third-order valence-corrected chi connectivity index (χ3v) is 4.57. The van der Waals surface area contributed by atoms with Gasteiger partial charge in [0.1, 0.15) is 22.2 Å². The van der Waals surface area contributed by atoms with E-state index in [-0.39, 0.29) is 10.8 Å². The molecule has 0 aliphatic rings. The number of ether oxygens (including phenoxy) is 1. The smallest absolute Gasteiger partial charge is 0.342 e. The quantitative estimate of drug-likeness (QED) is 0.613. The Morgan fingerprint density at radius 3 is 2.32 bits per heavy atom. The van der Waals surface area contributed by atoms with Gasteiger partial charge < -0.3 is 8.92 Å². The molecule has 0 aliphatic heterocycles. The minimum absolute atomic E-state index is 0.0164. The predicted molar refractivity (Wildman–Crippen MR) is 90.0 cm³/mol. The van der Waals surface area contributed by atoms with Crippen molar-refractivity contribution >= 4 is 21.7 Å². The number of nitrogens with zero attached hydrogens (tertiary/aromatic N) is 1. The molecule has 0 saturated heterocycles. The van der Waals surface area contributed by atoms with Crippen LogP contribution in [0.5, 0.6) is 17.4 Å². The third kappa shape index (κ3) is 4.26. The Bertz CT molecular complexity index is 979. The monoisotopic (exact) mass is 379 g/mol. The van der Waals surface area contributed by atoms with Gasteiger partial charge in [0, 0.05) is 17.3 Å². The van der Waals surface area contributed by atoms with Gasteiger partial charge in [-0.05, 0) is 48.5 Å². The van der Waals surface area contributed by atoms with Crippen LogP contribution in [0.25, 0.3) is 0 Å². The fourth-order valence-corrected chi connectivity index (χ4v) is 3.09. The molecular formula is C17H11ClFNO4S. The SMILES string of the molecule is O=S(=O)(Oc1ccc(Oc2ccccn2)cc1)c1ccc(Cl)cc1F. The van der Waals surface area contributed by atoms with Crippen molar-refractivity contribution in [3.05, 3.63) is 77.7 Å². The number of rotatable bonds is 5. The molecule has 25 heavy (non-hydrogen) atoms. The van der Waals surface area contributed by atoms with E-state index in [4.69, 9.17) is 20.5 Å². The fraction of sp³-hybridized carbons (Fsp3) is 0. The van der Waals surface area contributed by atoms with Crippen molar-refractivity contribution in [2.24, 2.45) is 0 Å². The van der Waals surface area contributed by atoms with Crippen molar-refractivity contribution in [2.75, 3.05) is 0 Å². The van der Waals surface area contributed by atoms with Gasteiger partial charge in [0.25, 0.3) is 0 Å². The molecule has 128 valence electrons. The van der Waals surface area contributed by atoms with Gasteiger partial charge >= 0.3 is 10.1 Å². The Kier molecular flexibility index (Phi) is 4.87. The first-order valence-corrected chi connectivity index (χ1v) is 8.81. The van der Waals surface area contributed by atoms with E-state index in [0.717, 1.165) is 12.1 Å². The van der Waals surface area contributed by atoms with E-state index in [1.807, 2.05) is 0 Å². The Morgan fingerprint density at radius 2 is 1.68 bits per heavy atom. The molecule has 0 spiro atoms. The van der Waals surface area contributed by atoms with Crippen molar-refractivity contribution in [1.29, 1.82) is 0 Å². The van der Waals surface area contributed by atoms with E-state index >= 15 is 0 Å². The maximum Gasteiger partial charge on any atom is 0.342 e. The Labute approximate surface area is 148 Å². The highest BCUT2D eigenvalue weighted by Crippen LogP contribution is 2.26. The maximum absolute atomic E-state index is 13.8. The van der Waals surface area contributed by atoms with Crippen LogP contribution in [0.4, 0.5) is 4.39 Å². The van der Waals surface area contributed by atoms with E-state index in [2.05, 4.69) is 4.98 Å². The summed E-state index contributed by atoms with van der Waals surface area (Å²) in [5, 5.41) is 0.0903. The fourth-order valence-electron chi connectivity index (χ4n) is 1.94. The lowest BCUT2D eigenvalue weighted by molar-refractivity contribution is 0.458. The van der Waals surface area contributed by atoms with E-state index in [1.54, 1.807) is 24.4 Å². The van der Waals surface area contributed by atoms with Gasteiger partial charge in [-0.1, -0.05) is 17.7 Å². The molecule has 0 atom stereocenters. The van der Waals surface area contributed by atoms with E-state index in [9.17, 15) is 12.8 Å². The molecule has 5 nitrogen and oxygen atoms in total. The lowest BCUT2D eigenvalue weighted by Gasteiger charge is -2.09. The van der Waals surface area contributed by atoms with Crippen LogP contribution >= 0.6 is 11.6 Å². The summed E-state index contributed by atoms with van der Waals surface area (Å²) in [7, 11) is -4.32. The molecule has 0 saturated carbocycles. The average molecular weight is 380 g/mol. The van der Waals surface area contributed by atoms with Crippen molar-refractivity contribution < 1.29 is 21.7 Å². The summed E-state index contributed by atoms with van der Waals surface area (Å²) in [4.78, 5) is 3.42. The van der Waals surface area contributed by atoms with E-state index < -0.39 is 20.8 Å². The summed E-state index contributed by atoms with van der Waals surface area (Å²) < 4.78 is 48.5. The number of pyridine rings is 1. The summed E-state index contributed by atoms with van der Waals surface area (Å²) in [6, 6.07) is 14.2. The van der Waals surface area contributed by atoms with E-state index in [1.165, 1.54) is 30.3 Å². The molecule has 0 aliphatic carbocycles. The Hall–Kier alpha value is -2.64. The highest BCUT2D eigenvalue weighted by atomic mass is 35.5. The maximum atomic E-state index is 13.8. The molecule has 0 N–H and O–H groups in total. The molecule has 8 heteroatoms. The minimum Gasteiger partial charge on any atom is -0.439 e. The molecule has 0 bridgehead atoms. The molecule has 0 amide bonds. The van der Waals surface area contributed by atoms with Crippen molar-refractivity contribution in [2.45, 2.75) is 4.90 Å². The Morgan fingerprint density at radius 1 is 0.960 bits per heavy atom. The number of hydrogen-bond acceptors (Lipinski definition) is 5. The zero-order chi connectivity index (χ0) is 17.9. The molecule has 1 aromatic heterocycles. The largest absolute Gasteiger partial charge is 0.439 e. The molecule has 0 unspecified atom stereocenters. The first-order valence-electron chi connectivity index (χ1n) is 7.02. The molecule has 3 aromatic rings. The zero-order valence-electron chi connectivity index (χ0n) is 12.6. The second kappa shape index (κ2) is 7.08. The molecule has 3 rings (SSSR count). The van der Waals surface area contributed by atoms with E-state index in [0.29, 0.717) is 11.6 Å². The second-order valence-electron chi connectivity index (χ2n) is 4.85. The first-order chi connectivity index (χ1) is 11.9. The molecular weight excluding hydrogens is 369 g/mol. The third-order valence-electron chi connectivity index (χ3n) is 3.05. The summed E-state index contributed by atoms with van der Waals surface area (Å²) in [5.74, 6) is -0.126. The van der Waals surface area contributed by atoms with Crippen molar-refractivity contribution in [3.63, 3.8) is 0 Å². The molecule has 2 aromatic carbocycles. The lowest BCUT2D eigenvalue weighted by atomic mass is 10.3. The number of hydrogen-bond donors (Lipinski definition) is 0. The topological polar surface area (TPSA) is 65.5 Å². The normalized spacial score (nSPS) is 11.1. The van der Waals surface area contributed by atoms with Crippen LogP contribution in [0.15, 0.2) is 71.8 Å².